The Labute approximate surface area is 174 Å². The van der Waals surface area contributed by atoms with Crippen LogP contribution < -0.4 is 0 Å². The summed E-state index contributed by atoms with van der Waals surface area (Å²) >= 11 is 6.91. The van der Waals surface area contributed by atoms with Crippen LogP contribution in [0.5, 0.6) is 0 Å². The van der Waals surface area contributed by atoms with Crippen LogP contribution in [0.15, 0.2) is 17.5 Å². The lowest BCUT2D eigenvalue weighted by molar-refractivity contribution is -0.139. The number of carbonyl (C=O) groups excluding carboxylic acids is 2. The third-order valence-electron chi connectivity index (χ3n) is 4.97. The molecule has 0 spiro atoms. The monoisotopic (exact) mass is 421 g/mol. The van der Waals surface area contributed by atoms with E-state index in [4.69, 9.17) is 12.2 Å². The Bertz CT molecular complexity index is 848. The molecule has 2 aromatic rings. The molecule has 9 heteroatoms. The summed E-state index contributed by atoms with van der Waals surface area (Å²) in [6.07, 6.45) is 1.87. The average molecular weight is 422 g/mol. The van der Waals surface area contributed by atoms with Crippen molar-refractivity contribution >= 4 is 35.4 Å². The maximum atomic E-state index is 12.6. The third kappa shape index (κ3) is 5.08. The van der Waals surface area contributed by atoms with E-state index in [0.29, 0.717) is 56.3 Å². The molecule has 7 nitrogen and oxygen atoms in total. The molecule has 0 radical (unpaired) electrons. The zero-order chi connectivity index (χ0) is 20.1. The van der Waals surface area contributed by atoms with Crippen LogP contribution in [0.25, 0.3) is 10.7 Å². The number of hydrogen-bond acceptors (Lipinski definition) is 5. The topological polar surface area (TPSA) is 74.2 Å². The molecule has 152 valence electrons. The summed E-state index contributed by atoms with van der Waals surface area (Å²) in [5, 5.41) is 9.11. The van der Waals surface area contributed by atoms with E-state index >= 15 is 0 Å². The SMILES string of the molecule is CC(C)CCC(=O)N1CCN(C(=O)CCn2c(-c3cccs3)n[nH]c2=S)CC1. The summed E-state index contributed by atoms with van der Waals surface area (Å²) in [4.78, 5) is 29.6. The fraction of sp³-hybridized carbons (Fsp3) is 0.579. The predicted octanol–water partition coefficient (Wildman–Crippen LogP) is 3.17. The third-order valence-corrected chi connectivity index (χ3v) is 6.15. The van der Waals surface area contributed by atoms with Crippen molar-refractivity contribution in [1.29, 1.82) is 0 Å². The van der Waals surface area contributed by atoms with Gasteiger partial charge >= 0.3 is 0 Å². The maximum absolute atomic E-state index is 12.6. The van der Waals surface area contributed by atoms with Gasteiger partial charge < -0.3 is 9.80 Å². The van der Waals surface area contributed by atoms with E-state index in [1.54, 1.807) is 11.3 Å². The molecular formula is C19H27N5O2S2. The molecule has 0 atom stereocenters. The molecule has 1 saturated heterocycles. The van der Waals surface area contributed by atoms with Crippen LogP contribution >= 0.6 is 23.6 Å². The van der Waals surface area contributed by atoms with Crippen molar-refractivity contribution in [2.45, 2.75) is 39.7 Å². The summed E-state index contributed by atoms with van der Waals surface area (Å²) in [7, 11) is 0. The van der Waals surface area contributed by atoms with E-state index in [1.165, 1.54) is 0 Å². The molecule has 3 heterocycles. The van der Waals surface area contributed by atoms with Gasteiger partial charge in [0.1, 0.15) is 0 Å². The van der Waals surface area contributed by atoms with Crippen LogP contribution in [0.4, 0.5) is 0 Å². The second-order valence-electron chi connectivity index (χ2n) is 7.43. The Morgan fingerprint density at radius 3 is 2.39 bits per heavy atom. The number of hydrogen-bond donors (Lipinski definition) is 1. The minimum Gasteiger partial charge on any atom is -0.339 e. The van der Waals surface area contributed by atoms with Gasteiger partial charge in [0.05, 0.1) is 4.88 Å². The van der Waals surface area contributed by atoms with Crippen molar-refractivity contribution < 1.29 is 9.59 Å². The van der Waals surface area contributed by atoms with E-state index in [-0.39, 0.29) is 11.8 Å². The lowest BCUT2D eigenvalue weighted by atomic mass is 10.1. The lowest BCUT2D eigenvalue weighted by Crippen LogP contribution is -2.50. The first-order valence-corrected chi connectivity index (χ1v) is 11.0. The highest BCUT2D eigenvalue weighted by molar-refractivity contribution is 7.71. The number of aromatic amines is 1. The summed E-state index contributed by atoms with van der Waals surface area (Å²) < 4.78 is 2.40. The highest BCUT2D eigenvalue weighted by Gasteiger charge is 2.24. The second-order valence-corrected chi connectivity index (χ2v) is 8.76. The van der Waals surface area contributed by atoms with Crippen molar-refractivity contribution in [2.24, 2.45) is 5.92 Å². The lowest BCUT2D eigenvalue weighted by Gasteiger charge is -2.35. The number of nitrogens with zero attached hydrogens (tertiary/aromatic N) is 4. The van der Waals surface area contributed by atoms with Crippen molar-refractivity contribution in [3.8, 4) is 10.7 Å². The van der Waals surface area contributed by atoms with Crippen LogP contribution in [0.1, 0.15) is 33.1 Å². The molecule has 1 fully saturated rings. The molecule has 1 aliphatic heterocycles. The normalized spacial score (nSPS) is 14.7. The molecule has 3 rings (SSSR count). The fourth-order valence-corrected chi connectivity index (χ4v) is 4.21. The molecular weight excluding hydrogens is 394 g/mol. The largest absolute Gasteiger partial charge is 0.339 e. The highest BCUT2D eigenvalue weighted by atomic mass is 32.1. The molecule has 1 aliphatic rings. The number of piperazine rings is 1. The first-order chi connectivity index (χ1) is 13.5. The number of rotatable bonds is 7. The summed E-state index contributed by atoms with van der Waals surface area (Å²) in [6.45, 7) is 7.18. The molecule has 1 N–H and O–H groups in total. The van der Waals surface area contributed by atoms with Crippen molar-refractivity contribution in [3.63, 3.8) is 0 Å². The second kappa shape index (κ2) is 9.47. The van der Waals surface area contributed by atoms with E-state index in [1.807, 2.05) is 31.9 Å². The van der Waals surface area contributed by atoms with Gasteiger partial charge in [-0.2, -0.15) is 5.10 Å². The molecule has 2 aromatic heterocycles. The zero-order valence-corrected chi connectivity index (χ0v) is 18.0. The van der Waals surface area contributed by atoms with E-state index in [9.17, 15) is 9.59 Å². The van der Waals surface area contributed by atoms with Crippen LogP contribution in [-0.4, -0.2) is 62.6 Å². The quantitative estimate of drug-likeness (QED) is 0.697. The molecule has 28 heavy (non-hydrogen) atoms. The fourth-order valence-electron chi connectivity index (χ4n) is 3.26. The number of aromatic nitrogens is 3. The highest BCUT2D eigenvalue weighted by Crippen LogP contribution is 2.23. The Morgan fingerprint density at radius 1 is 1.18 bits per heavy atom. The van der Waals surface area contributed by atoms with Gasteiger partial charge in [-0.15, -0.1) is 11.3 Å². The first-order valence-electron chi connectivity index (χ1n) is 9.70. The minimum atomic E-state index is 0.0921. The van der Waals surface area contributed by atoms with Crippen LogP contribution in [0.2, 0.25) is 0 Å². The molecule has 2 amide bonds. The van der Waals surface area contributed by atoms with Gasteiger partial charge in [-0.1, -0.05) is 19.9 Å². The van der Waals surface area contributed by atoms with E-state index in [0.717, 1.165) is 17.1 Å². The van der Waals surface area contributed by atoms with Crippen LogP contribution in [-0.2, 0) is 16.1 Å². The molecule has 0 unspecified atom stereocenters. The first kappa shape index (κ1) is 20.7. The summed E-state index contributed by atoms with van der Waals surface area (Å²) in [6, 6.07) is 3.96. The van der Waals surface area contributed by atoms with Crippen LogP contribution in [0.3, 0.4) is 0 Å². The number of H-pyrrole nitrogens is 1. The standard InChI is InChI=1S/C19H27N5O2S2/c1-14(2)5-6-16(25)22-9-11-23(12-10-22)17(26)7-8-24-18(20-21-19(24)27)15-4-3-13-28-15/h3-4,13-14H,5-12H2,1-2H3,(H,21,27). The van der Waals surface area contributed by atoms with Gasteiger partial charge in [0.2, 0.25) is 11.8 Å². The Balaban J connectivity index is 1.50. The molecule has 0 bridgehead atoms. The zero-order valence-electron chi connectivity index (χ0n) is 16.4. The molecule has 0 aromatic carbocycles. The summed E-state index contributed by atoms with van der Waals surface area (Å²) in [5.41, 5.74) is 0. The van der Waals surface area contributed by atoms with Crippen LogP contribution in [0, 0.1) is 10.7 Å². The van der Waals surface area contributed by atoms with Gasteiger partial charge in [-0.25, -0.2) is 0 Å². The molecule has 0 aliphatic carbocycles. The van der Waals surface area contributed by atoms with Gasteiger partial charge in [0.15, 0.2) is 10.6 Å². The van der Waals surface area contributed by atoms with Gasteiger partial charge in [-0.05, 0) is 36.0 Å². The van der Waals surface area contributed by atoms with Crippen molar-refractivity contribution in [2.75, 3.05) is 26.2 Å². The average Bonchev–Trinajstić information content (AvgIpc) is 3.34. The maximum Gasteiger partial charge on any atom is 0.224 e. The molecule has 0 saturated carbocycles. The van der Waals surface area contributed by atoms with Crippen molar-refractivity contribution in [3.05, 3.63) is 22.3 Å². The van der Waals surface area contributed by atoms with E-state index < -0.39 is 0 Å². The van der Waals surface area contributed by atoms with Crippen molar-refractivity contribution in [1.82, 2.24) is 24.6 Å². The summed E-state index contributed by atoms with van der Waals surface area (Å²) in [5.74, 6) is 1.59. The van der Waals surface area contributed by atoms with Gasteiger partial charge in [0, 0.05) is 45.6 Å². The number of amides is 2. The Morgan fingerprint density at radius 2 is 1.82 bits per heavy atom. The van der Waals surface area contributed by atoms with Gasteiger partial charge in [0.25, 0.3) is 0 Å². The Kier molecular flexibility index (Phi) is 7.01. The number of nitrogens with one attached hydrogen (secondary N) is 1. The Hall–Kier alpha value is -2.00. The van der Waals surface area contributed by atoms with E-state index in [2.05, 4.69) is 24.0 Å². The minimum absolute atomic E-state index is 0.0921. The van der Waals surface area contributed by atoms with Gasteiger partial charge in [-0.3, -0.25) is 19.3 Å². The smallest absolute Gasteiger partial charge is 0.224 e. The number of carbonyl (C=O) groups is 2. The number of thiophene rings is 1. The predicted molar refractivity (Wildman–Crippen MR) is 113 cm³/mol.